The van der Waals surface area contributed by atoms with Crippen molar-refractivity contribution in [1.82, 2.24) is 29.9 Å². The van der Waals surface area contributed by atoms with Gasteiger partial charge in [-0.15, -0.1) is 0 Å². The number of hydrogen-bond acceptors (Lipinski definition) is 8. The number of hydrogen-bond donors (Lipinski definition) is 0. The van der Waals surface area contributed by atoms with E-state index >= 15 is 0 Å². The van der Waals surface area contributed by atoms with Crippen molar-refractivity contribution < 1.29 is 9.53 Å². The lowest BCUT2D eigenvalue weighted by Gasteiger charge is -2.24. The second kappa shape index (κ2) is 8.10. The van der Waals surface area contributed by atoms with Gasteiger partial charge in [-0.2, -0.15) is 25.0 Å². The number of carbonyl (C=O) groups excluding carboxylic acids is 1. The molecule has 2 unspecified atom stereocenters. The van der Waals surface area contributed by atoms with Crippen LogP contribution in [0.2, 0.25) is 0 Å². The number of fused-ring (bicyclic) bond motifs is 1. The Hall–Kier alpha value is -3.69. The Bertz CT molecular complexity index is 1100. The number of para-hydroxylation sites is 1. The molecule has 2 saturated heterocycles. The van der Waals surface area contributed by atoms with E-state index in [9.17, 15) is 4.79 Å². The minimum Gasteiger partial charge on any atom is -0.481 e. The number of amides is 1. The topological polar surface area (TPSA) is 92.5 Å². The van der Waals surface area contributed by atoms with E-state index in [1.165, 1.54) is 4.80 Å². The van der Waals surface area contributed by atoms with Crippen LogP contribution in [-0.2, 0) is 0 Å². The second-order valence-electron chi connectivity index (χ2n) is 8.43. The first-order chi connectivity index (χ1) is 15.5. The number of rotatable bonds is 5. The Morgan fingerprint density at radius 3 is 2.38 bits per heavy atom. The van der Waals surface area contributed by atoms with Crippen molar-refractivity contribution in [2.24, 2.45) is 11.8 Å². The van der Waals surface area contributed by atoms with Crippen LogP contribution in [0.4, 0.5) is 11.8 Å². The van der Waals surface area contributed by atoms with Crippen molar-refractivity contribution in [2.45, 2.75) is 0 Å². The first-order valence-electron chi connectivity index (χ1n) is 10.6. The van der Waals surface area contributed by atoms with Gasteiger partial charge in [0.05, 0.1) is 30.8 Å². The Morgan fingerprint density at radius 2 is 1.72 bits per heavy atom. The van der Waals surface area contributed by atoms with Crippen molar-refractivity contribution in [1.29, 1.82) is 0 Å². The quantitative estimate of drug-likeness (QED) is 0.594. The maximum atomic E-state index is 13.3. The van der Waals surface area contributed by atoms with E-state index in [1.54, 1.807) is 19.5 Å². The highest BCUT2D eigenvalue weighted by Gasteiger charge is 2.42. The molecule has 0 spiro atoms. The standard InChI is InChI=1S/C22H26N8O2/c1-27(2)22-25-19(10-20(26-22)32-3)28-11-15-13-29(14-16(15)12-28)21(31)17-6-4-5-7-18(17)30-23-8-9-24-30/h4-10,15-16H,11-14H2,1-3H3. The van der Waals surface area contributed by atoms with Gasteiger partial charge < -0.3 is 19.4 Å². The van der Waals surface area contributed by atoms with E-state index in [4.69, 9.17) is 9.72 Å². The summed E-state index contributed by atoms with van der Waals surface area (Å²) in [5, 5.41) is 8.39. The van der Waals surface area contributed by atoms with E-state index < -0.39 is 0 Å². The second-order valence-corrected chi connectivity index (χ2v) is 8.43. The smallest absolute Gasteiger partial charge is 0.256 e. The van der Waals surface area contributed by atoms with Crippen LogP contribution in [0.5, 0.6) is 5.88 Å². The number of carbonyl (C=O) groups is 1. The van der Waals surface area contributed by atoms with Crippen LogP contribution in [0, 0.1) is 11.8 Å². The van der Waals surface area contributed by atoms with Crippen molar-refractivity contribution in [3.05, 3.63) is 48.3 Å². The average molecular weight is 435 g/mol. The van der Waals surface area contributed by atoms with Gasteiger partial charge in [0, 0.05) is 58.2 Å². The molecule has 2 fully saturated rings. The number of likely N-dealkylation sites (tertiary alicyclic amines) is 1. The number of benzene rings is 1. The molecule has 0 radical (unpaired) electrons. The molecule has 2 aliphatic heterocycles. The van der Waals surface area contributed by atoms with Gasteiger partial charge in [0.25, 0.3) is 5.91 Å². The largest absolute Gasteiger partial charge is 0.481 e. The molecule has 0 N–H and O–H groups in total. The molecule has 2 aromatic heterocycles. The highest BCUT2D eigenvalue weighted by molar-refractivity contribution is 5.97. The summed E-state index contributed by atoms with van der Waals surface area (Å²) >= 11 is 0. The Balaban J connectivity index is 1.31. The summed E-state index contributed by atoms with van der Waals surface area (Å²) in [6.45, 7) is 3.15. The number of methoxy groups -OCH3 is 1. The molecule has 4 heterocycles. The Kier molecular flexibility index (Phi) is 5.12. The van der Waals surface area contributed by atoms with Crippen LogP contribution in [0.3, 0.4) is 0 Å². The normalized spacial score (nSPS) is 19.8. The van der Waals surface area contributed by atoms with E-state index in [0.717, 1.165) is 32.0 Å². The van der Waals surface area contributed by atoms with Crippen molar-refractivity contribution >= 4 is 17.7 Å². The number of ether oxygens (including phenoxy) is 1. The maximum absolute atomic E-state index is 13.3. The van der Waals surface area contributed by atoms with Gasteiger partial charge in [-0.05, 0) is 12.1 Å². The molecular formula is C22H26N8O2. The summed E-state index contributed by atoms with van der Waals surface area (Å²) in [4.78, 5) is 30.0. The van der Waals surface area contributed by atoms with Crippen molar-refractivity contribution in [3.8, 4) is 11.6 Å². The van der Waals surface area contributed by atoms with Gasteiger partial charge >= 0.3 is 0 Å². The molecular weight excluding hydrogens is 408 g/mol. The van der Waals surface area contributed by atoms with Gasteiger partial charge in [0.1, 0.15) is 5.82 Å². The maximum Gasteiger partial charge on any atom is 0.256 e. The fourth-order valence-corrected chi connectivity index (χ4v) is 4.55. The molecule has 32 heavy (non-hydrogen) atoms. The van der Waals surface area contributed by atoms with E-state index in [-0.39, 0.29) is 5.91 Å². The molecule has 10 nitrogen and oxygen atoms in total. The lowest BCUT2D eigenvalue weighted by molar-refractivity contribution is 0.0782. The number of aromatic nitrogens is 5. The summed E-state index contributed by atoms with van der Waals surface area (Å²) < 4.78 is 5.37. The SMILES string of the molecule is COc1cc(N2CC3CN(C(=O)c4ccccc4-n4nccn4)CC3C2)nc(N(C)C)n1. The Morgan fingerprint density at radius 1 is 1.03 bits per heavy atom. The van der Waals surface area contributed by atoms with E-state index in [2.05, 4.69) is 20.1 Å². The zero-order valence-corrected chi connectivity index (χ0v) is 18.4. The van der Waals surface area contributed by atoms with Crippen LogP contribution in [-0.4, -0.2) is 83.2 Å². The van der Waals surface area contributed by atoms with Gasteiger partial charge in [-0.25, -0.2) is 0 Å². The van der Waals surface area contributed by atoms with Gasteiger partial charge in [-0.1, -0.05) is 12.1 Å². The molecule has 1 aromatic carbocycles. The highest BCUT2D eigenvalue weighted by atomic mass is 16.5. The number of anilines is 2. The molecule has 2 atom stereocenters. The predicted octanol–water partition coefficient (Wildman–Crippen LogP) is 1.34. The molecule has 5 rings (SSSR count). The first kappa shape index (κ1) is 20.2. The third-order valence-corrected chi connectivity index (χ3v) is 6.15. The van der Waals surface area contributed by atoms with Crippen molar-refractivity contribution in [2.75, 3.05) is 57.2 Å². The summed E-state index contributed by atoms with van der Waals surface area (Å²) in [6.07, 6.45) is 3.22. The molecule has 0 saturated carbocycles. The molecule has 2 aliphatic rings. The minimum atomic E-state index is 0.0254. The fourth-order valence-electron chi connectivity index (χ4n) is 4.55. The van der Waals surface area contributed by atoms with Crippen LogP contribution >= 0.6 is 0 Å². The van der Waals surface area contributed by atoms with Gasteiger partial charge in [-0.3, -0.25) is 4.79 Å². The lowest BCUT2D eigenvalue weighted by atomic mass is 10.0. The van der Waals surface area contributed by atoms with E-state index in [1.807, 2.05) is 54.2 Å². The third kappa shape index (κ3) is 3.61. The first-order valence-corrected chi connectivity index (χ1v) is 10.6. The zero-order valence-electron chi connectivity index (χ0n) is 18.4. The fraction of sp³-hybridized carbons (Fsp3) is 0.409. The number of nitrogens with zero attached hydrogens (tertiary/aromatic N) is 8. The highest BCUT2D eigenvalue weighted by Crippen LogP contribution is 2.35. The molecule has 0 bridgehead atoms. The summed E-state index contributed by atoms with van der Waals surface area (Å²) in [7, 11) is 5.44. The molecule has 10 heteroatoms. The third-order valence-electron chi connectivity index (χ3n) is 6.15. The van der Waals surface area contributed by atoms with Crippen LogP contribution in [0.15, 0.2) is 42.7 Å². The van der Waals surface area contributed by atoms with E-state index in [0.29, 0.717) is 34.9 Å². The molecule has 166 valence electrons. The minimum absolute atomic E-state index is 0.0254. The predicted molar refractivity (Wildman–Crippen MR) is 119 cm³/mol. The molecule has 1 amide bonds. The zero-order chi connectivity index (χ0) is 22.2. The van der Waals surface area contributed by atoms with Crippen LogP contribution in [0.25, 0.3) is 5.69 Å². The molecule has 0 aliphatic carbocycles. The average Bonchev–Trinajstić information content (AvgIpc) is 3.55. The van der Waals surface area contributed by atoms with Gasteiger partial charge in [0.2, 0.25) is 11.8 Å². The molecule has 3 aromatic rings. The Labute approximate surface area is 186 Å². The summed E-state index contributed by atoms with van der Waals surface area (Å²) in [5.41, 5.74) is 1.32. The van der Waals surface area contributed by atoms with Crippen molar-refractivity contribution in [3.63, 3.8) is 0 Å². The van der Waals surface area contributed by atoms with Gasteiger partial charge in [0.15, 0.2) is 0 Å². The van der Waals surface area contributed by atoms with Crippen LogP contribution in [0.1, 0.15) is 10.4 Å². The lowest BCUT2D eigenvalue weighted by Crippen LogP contribution is -2.34. The monoisotopic (exact) mass is 434 g/mol. The van der Waals surface area contributed by atoms with Crippen LogP contribution < -0.4 is 14.5 Å². The summed E-state index contributed by atoms with van der Waals surface area (Å²) in [5.74, 6) is 2.87. The summed E-state index contributed by atoms with van der Waals surface area (Å²) in [6, 6.07) is 9.37.